The third-order valence-electron chi connectivity index (χ3n) is 2.59. The van der Waals surface area contributed by atoms with E-state index >= 15 is 0 Å². The third-order valence-corrected chi connectivity index (χ3v) is 2.59. The van der Waals surface area contributed by atoms with Gasteiger partial charge in [-0.3, -0.25) is 9.59 Å². The van der Waals surface area contributed by atoms with Gasteiger partial charge in [-0.05, 0) is 18.2 Å². The zero-order chi connectivity index (χ0) is 14.6. The van der Waals surface area contributed by atoms with Crippen LogP contribution in [0, 0.1) is 11.3 Å². The van der Waals surface area contributed by atoms with Crippen LogP contribution in [0.4, 0.5) is 11.4 Å². The van der Waals surface area contributed by atoms with Crippen molar-refractivity contribution >= 4 is 23.2 Å². The molecule has 0 aliphatic heterocycles. The summed E-state index contributed by atoms with van der Waals surface area (Å²) in [6, 6.07) is 7.15. The van der Waals surface area contributed by atoms with Gasteiger partial charge in [0.25, 0.3) is 0 Å². The lowest BCUT2D eigenvalue weighted by Crippen LogP contribution is -2.27. The molecule has 0 aliphatic rings. The molecule has 0 atom stereocenters. The Hall–Kier alpha value is -1.84. The molecule has 4 heteroatoms. The molecule has 1 aromatic carbocycles. The maximum atomic E-state index is 11.9. The Balaban J connectivity index is 2.78. The first-order valence-corrected chi connectivity index (χ1v) is 6.42. The van der Waals surface area contributed by atoms with E-state index in [0.29, 0.717) is 11.4 Å². The Morgan fingerprint density at radius 3 is 2.05 bits per heavy atom. The molecule has 0 radical (unpaired) electrons. The van der Waals surface area contributed by atoms with Crippen molar-refractivity contribution in [2.24, 2.45) is 11.3 Å². The number of hydrogen-bond donors (Lipinski definition) is 2. The van der Waals surface area contributed by atoms with Crippen LogP contribution < -0.4 is 10.6 Å². The molecule has 0 saturated carbocycles. The van der Waals surface area contributed by atoms with Crippen molar-refractivity contribution in [2.45, 2.75) is 34.6 Å². The smallest absolute Gasteiger partial charge is 0.229 e. The topological polar surface area (TPSA) is 58.2 Å². The van der Waals surface area contributed by atoms with E-state index in [-0.39, 0.29) is 17.7 Å². The molecule has 0 heterocycles. The molecule has 0 bridgehead atoms. The van der Waals surface area contributed by atoms with Crippen molar-refractivity contribution in [3.05, 3.63) is 24.3 Å². The summed E-state index contributed by atoms with van der Waals surface area (Å²) in [5, 5.41) is 5.64. The number of hydrogen-bond acceptors (Lipinski definition) is 2. The summed E-state index contributed by atoms with van der Waals surface area (Å²) < 4.78 is 0. The van der Waals surface area contributed by atoms with Gasteiger partial charge < -0.3 is 10.6 Å². The van der Waals surface area contributed by atoms with Crippen molar-refractivity contribution in [2.75, 3.05) is 10.6 Å². The summed E-state index contributed by atoms with van der Waals surface area (Å²) in [6.45, 7) is 9.23. The highest BCUT2D eigenvalue weighted by atomic mass is 16.2. The number of benzene rings is 1. The van der Waals surface area contributed by atoms with Gasteiger partial charge in [0.1, 0.15) is 0 Å². The lowest BCUT2D eigenvalue weighted by molar-refractivity contribution is -0.123. The fourth-order valence-electron chi connectivity index (χ4n) is 1.28. The molecule has 2 N–H and O–H groups in total. The van der Waals surface area contributed by atoms with Crippen molar-refractivity contribution in [3.63, 3.8) is 0 Å². The number of rotatable bonds is 3. The minimum absolute atomic E-state index is 0.0423. The number of carbonyl (C=O) groups is 2. The molecule has 1 aromatic rings. The first-order valence-electron chi connectivity index (χ1n) is 6.42. The van der Waals surface area contributed by atoms with Gasteiger partial charge in [-0.1, -0.05) is 40.7 Å². The van der Waals surface area contributed by atoms with Gasteiger partial charge >= 0.3 is 0 Å². The second kappa shape index (κ2) is 5.87. The van der Waals surface area contributed by atoms with E-state index in [0.717, 1.165) is 0 Å². The molecule has 0 aliphatic carbocycles. The third kappa shape index (κ3) is 4.73. The quantitative estimate of drug-likeness (QED) is 0.878. The summed E-state index contributed by atoms with van der Waals surface area (Å²) in [5.74, 6) is -0.174. The molecular weight excluding hydrogens is 240 g/mol. The molecule has 1 rings (SSSR count). The van der Waals surface area contributed by atoms with Crippen LogP contribution in [0.5, 0.6) is 0 Å². The summed E-state index contributed by atoms with van der Waals surface area (Å²) >= 11 is 0. The van der Waals surface area contributed by atoms with Gasteiger partial charge in [0.05, 0.1) is 0 Å². The number of amides is 2. The van der Waals surface area contributed by atoms with E-state index in [1.54, 1.807) is 24.3 Å². The standard InChI is InChI=1S/C15H22N2O2/c1-10(2)13(18)16-11-7-6-8-12(9-11)17-14(19)15(3,4)5/h6-10H,1-5H3,(H,16,18)(H,17,19). The molecule has 0 aromatic heterocycles. The molecular formula is C15H22N2O2. The first-order chi connectivity index (χ1) is 8.70. The van der Waals surface area contributed by atoms with E-state index in [1.807, 2.05) is 34.6 Å². The average Bonchev–Trinajstić information content (AvgIpc) is 2.27. The Labute approximate surface area is 114 Å². The second-order valence-electron chi connectivity index (χ2n) is 5.93. The predicted octanol–water partition coefficient (Wildman–Crippen LogP) is 3.27. The van der Waals surface area contributed by atoms with Crippen LogP contribution in [-0.4, -0.2) is 11.8 Å². The molecule has 4 nitrogen and oxygen atoms in total. The molecule has 19 heavy (non-hydrogen) atoms. The minimum atomic E-state index is -0.447. The van der Waals surface area contributed by atoms with Crippen molar-refractivity contribution < 1.29 is 9.59 Å². The molecule has 2 amide bonds. The van der Waals surface area contributed by atoms with E-state index in [4.69, 9.17) is 0 Å². The van der Waals surface area contributed by atoms with Crippen molar-refractivity contribution in [1.29, 1.82) is 0 Å². The Bertz CT molecular complexity index is 473. The normalized spacial score (nSPS) is 11.3. The second-order valence-corrected chi connectivity index (χ2v) is 5.93. The highest BCUT2D eigenvalue weighted by Crippen LogP contribution is 2.20. The van der Waals surface area contributed by atoms with Gasteiger partial charge in [-0.15, -0.1) is 0 Å². The maximum Gasteiger partial charge on any atom is 0.229 e. The Morgan fingerprint density at radius 1 is 1.05 bits per heavy atom. The predicted molar refractivity (Wildman–Crippen MR) is 78.0 cm³/mol. The molecule has 0 saturated heterocycles. The SMILES string of the molecule is CC(C)C(=O)Nc1cccc(NC(=O)C(C)(C)C)c1. The summed E-state index contributed by atoms with van der Waals surface area (Å²) in [6.07, 6.45) is 0. The van der Waals surface area contributed by atoms with Crippen LogP contribution in [0.25, 0.3) is 0 Å². The van der Waals surface area contributed by atoms with Crippen LogP contribution in [0.1, 0.15) is 34.6 Å². The van der Waals surface area contributed by atoms with Gasteiger partial charge in [0.2, 0.25) is 11.8 Å². The van der Waals surface area contributed by atoms with Crippen LogP contribution in [-0.2, 0) is 9.59 Å². The van der Waals surface area contributed by atoms with E-state index in [2.05, 4.69) is 10.6 Å². The van der Waals surface area contributed by atoms with Crippen molar-refractivity contribution in [3.8, 4) is 0 Å². The number of carbonyl (C=O) groups excluding carboxylic acids is 2. The molecule has 0 spiro atoms. The number of nitrogens with one attached hydrogen (secondary N) is 2. The van der Waals surface area contributed by atoms with Crippen LogP contribution in [0.3, 0.4) is 0 Å². The average molecular weight is 262 g/mol. The maximum absolute atomic E-state index is 11.9. The first kappa shape index (κ1) is 15.2. The summed E-state index contributed by atoms with van der Waals surface area (Å²) in [4.78, 5) is 23.5. The van der Waals surface area contributed by atoms with Gasteiger partial charge in [-0.25, -0.2) is 0 Å². The summed E-state index contributed by atoms with van der Waals surface area (Å²) in [5.41, 5.74) is 0.920. The van der Waals surface area contributed by atoms with E-state index in [9.17, 15) is 9.59 Å². The van der Waals surface area contributed by atoms with Crippen molar-refractivity contribution in [1.82, 2.24) is 0 Å². The van der Waals surface area contributed by atoms with Crippen LogP contribution in [0.2, 0.25) is 0 Å². The van der Waals surface area contributed by atoms with Crippen LogP contribution >= 0.6 is 0 Å². The zero-order valence-corrected chi connectivity index (χ0v) is 12.2. The van der Waals surface area contributed by atoms with Gasteiger partial charge in [0, 0.05) is 22.7 Å². The van der Waals surface area contributed by atoms with Crippen LogP contribution in [0.15, 0.2) is 24.3 Å². The van der Waals surface area contributed by atoms with Gasteiger partial charge in [-0.2, -0.15) is 0 Å². The monoisotopic (exact) mass is 262 g/mol. The van der Waals surface area contributed by atoms with E-state index in [1.165, 1.54) is 0 Å². The largest absolute Gasteiger partial charge is 0.326 e. The fourth-order valence-corrected chi connectivity index (χ4v) is 1.28. The molecule has 0 unspecified atom stereocenters. The Kier molecular flexibility index (Phi) is 4.70. The zero-order valence-electron chi connectivity index (χ0n) is 12.2. The number of anilines is 2. The van der Waals surface area contributed by atoms with E-state index < -0.39 is 5.41 Å². The highest BCUT2D eigenvalue weighted by molar-refractivity contribution is 5.96. The lowest BCUT2D eigenvalue weighted by Gasteiger charge is -2.18. The van der Waals surface area contributed by atoms with Gasteiger partial charge in [0.15, 0.2) is 0 Å². The lowest BCUT2D eigenvalue weighted by atomic mass is 9.95. The minimum Gasteiger partial charge on any atom is -0.326 e. The Morgan fingerprint density at radius 2 is 1.58 bits per heavy atom. The fraction of sp³-hybridized carbons (Fsp3) is 0.467. The highest BCUT2D eigenvalue weighted by Gasteiger charge is 2.21. The summed E-state index contributed by atoms with van der Waals surface area (Å²) in [7, 11) is 0. The molecule has 0 fully saturated rings. The molecule has 104 valence electrons.